The monoisotopic (exact) mass is 336 g/mol. The van der Waals surface area contributed by atoms with Crippen LogP contribution in [0, 0.1) is 0 Å². The van der Waals surface area contributed by atoms with Gasteiger partial charge in [-0.15, -0.1) is 0 Å². The molecule has 0 saturated carbocycles. The molecule has 5 heteroatoms. The highest BCUT2D eigenvalue weighted by molar-refractivity contribution is 5.77. The molecule has 128 valence electrons. The normalized spacial score (nSPS) is 11.0. The van der Waals surface area contributed by atoms with Crippen LogP contribution in [0.15, 0.2) is 59.7 Å². The van der Waals surface area contributed by atoms with Gasteiger partial charge in [-0.1, -0.05) is 38.1 Å². The molecule has 1 aromatic heterocycles. The maximum atomic E-state index is 12.4. The Morgan fingerprint density at radius 3 is 2.56 bits per heavy atom. The quantitative estimate of drug-likeness (QED) is 0.528. The summed E-state index contributed by atoms with van der Waals surface area (Å²) in [6.07, 6.45) is 1.57. The number of hydrogen-bond donors (Lipinski definition) is 0. The first-order valence-corrected chi connectivity index (χ1v) is 8.29. The highest BCUT2D eigenvalue weighted by Gasteiger charge is 2.09. The molecular formula is C20H20N2O3. The van der Waals surface area contributed by atoms with Crippen LogP contribution in [0.25, 0.3) is 10.9 Å². The molecule has 0 aliphatic carbocycles. The SMILES string of the molecule is CC(C)c1ccc(OC(=O)CCn2cnc3ccccc3c2=O)cc1. The van der Waals surface area contributed by atoms with E-state index in [1.54, 1.807) is 30.3 Å². The molecule has 3 rings (SSSR count). The van der Waals surface area contributed by atoms with Gasteiger partial charge in [-0.25, -0.2) is 4.98 Å². The van der Waals surface area contributed by atoms with Crippen LogP contribution < -0.4 is 10.3 Å². The molecule has 0 amide bonds. The first-order valence-electron chi connectivity index (χ1n) is 8.29. The minimum atomic E-state index is -0.377. The van der Waals surface area contributed by atoms with Gasteiger partial charge in [0.2, 0.25) is 0 Å². The Morgan fingerprint density at radius 2 is 1.84 bits per heavy atom. The molecule has 0 bridgehead atoms. The molecular weight excluding hydrogens is 316 g/mol. The molecule has 0 atom stereocenters. The van der Waals surface area contributed by atoms with Crippen molar-refractivity contribution in [1.82, 2.24) is 9.55 Å². The summed E-state index contributed by atoms with van der Waals surface area (Å²) in [5.41, 5.74) is 1.69. The summed E-state index contributed by atoms with van der Waals surface area (Å²) in [5, 5.41) is 0.544. The van der Waals surface area contributed by atoms with Crippen molar-refractivity contribution in [3.63, 3.8) is 0 Å². The second-order valence-corrected chi connectivity index (χ2v) is 6.21. The summed E-state index contributed by atoms with van der Waals surface area (Å²) in [5.74, 6) is 0.563. The molecule has 0 saturated heterocycles. The Bertz CT molecular complexity index is 943. The predicted molar refractivity (Wildman–Crippen MR) is 96.8 cm³/mol. The third-order valence-corrected chi connectivity index (χ3v) is 4.07. The largest absolute Gasteiger partial charge is 0.426 e. The van der Waals surface area contributed by atoms with Crippen LogP contribution >= 0.6 is 0 Å². The number of esters is 1. The summed E-state index contributed by atoms with van der Waals surface area (Å²) >= 11 is 0. The van der Waals surface area contributed by atoms with Crippen LogP contribution in [0.3, 0.4) is 0 Å². The van der Waals surface area contributed by atoms with Crippen LogP contribution in [-0.2, 0) is 11.3 Å². The van der Waals surface area contributed by atoms with Crippen LogP contribution in [0.2, 0.25) is 0 Å². The van der Waals surface area contributed by atoms with Crippen molar-refractivity contribution in [2.45, 2.75) is 32.7 Å². The average molecular weight is 336 g/mol. The maximum absolute atomic E-state index is 12.4. The highest BCUT2D eigenvalue weighted by Crippen LogP contribution is 2.18. The van der Waals surface area contributed by atoms with Gasteiger partial charge in [0.1, 0.15) is 5.75 Å². The minimum Gasteiger partial charge on any atom is -0.426 e. The number of ether oxygens (including phenoxy) is 1. The van der Waals surface area contributed by atoms with Crippen LogP contribution in [0.4, 0.5) is 0 Å². The number of aromatic nitrogens is 2. The number of aryl methyl sites for hydroxylation is 1. The van der Waals surface area contributed by atoms with Gasteiger partial charge in [0.05, 0.1) is 23.7 Å². The summed E-state index contributed by atoms with van der Waals surface area (Å²) in [6, 6.07) is 14.6. The predicted octanol–water partition coefficient (Wildman–Crippen LogP) is 3.52. The van der Waals surface area contributed by atoms with E-state index in [-0.39, 0.29) is 24.5 Å². The molecule has 0 aliphatic heterocycles. The fourth-order valence-corrected chi connectivity index (χ4v) is 2.58. The van der Waals surface area contributed by atoms with E-state index >= 15 is 0 Å². The lowest BCUT2D eigenvalue weighted by Gasteiger charge is -2.09. The first-order chi connectivity index (χ1) is 12.0. The number of para-hydroxylation sites is 1. The van der Waals surface area contributed by atoms with Crippen molar-refractivity contribution in [2.75, 3.05) is 0 Å². The molecule has 0 radical (unpaired) electrons. The third-order valence-electron chi connectivity index (χ3n) is 4.07. The second-order valence-electron chi connectivity index (χ2n) is 6.21. The summed E-state index contributed by atoms with van der Waals surface area (Å²) in [6.45, 7) is 4.45. The summed E-state index contributed by atoms with van der Waals surface area (Å²) < 4.78 is 6.76. The van der Waals surface area contributed by atoms with E-state index in [4.69, 9.17) is 4.74 Å². The van der Waals surface area contributed by atoms with Crippen molar-refractivity contribution in [2.24, 2.45) is 0 Å². The number of hydrogen-bond acceptors (Lipinski definition) is 4. The topological polar surface area (TPSA) is 61.2 Å². The van der Waals surface area contributed by atoms with E-state index in [9.17, 15) is 9.59 Å². The molecule has 0 fully saturated rings. The first kappa shape index (κ1) is 16.9. The molecule has 25 heavy (non-hydrogen) atoms. The number of fused-ring (bicyclic) bond motifs is 1. The van der Waals surface area contributed by atoms with Gasteiger partial charge in [0, 0.05) is 6.54 Å². The molecule has 0 aliphatic rings. The lowest BCUT2D eigenvalue weighted by atomic mass is 10.0. The molecule has 3 aromatic rings. The number of carbonyl (C=O) groups excluding carboxylic acids is 1. The molecule has 1 heterocycles. The standard InChI is InChI=1S/C20H20N2O3/c1-14(2)15-7-9-16(10-8-15)25-19(23)11-12-22-13-21-18-6-4-3-5-17(18)20(22)24/h3-10,13-14H,11-12H2,1-2H3. The maximum Gasteiger partial charge on any atom is 0.312 e. The van der Waals surface area contributed by atoms with Crippen molar-refractivity contribution in [3.05, 3.63) is 70.8 Å². The molecule has 0 spiro atoms. The second kappa shape index (κ2) is 7.30. The van der Waals surface area contributed by atoms with Gasteiger partial charge in [-0.2, -0.15) is 0 Å². The van der Waals surface area contributed by atoms with Crippen molar-refractivity contribution < 1.29 is 9.53 Å². The van der Waals surface area contributed by atoms with E-state index < -0.39 is 0 Å². The Balaban J connectivity index is 1.64. The molecule has 2 aromatic carbocycles. The van der Waals surface area contributed by atoms with Crippen LogP contribution in [0.5, 0.6) is 5.75 Å². The van der Waals surface area contributed by atoms with E-state index in [1.807, 2.05) is 18.2 Å². The number of nitrogens with zero attached hydrogens (tertiary/aromatic N) is 2. The Kier molecular flexibility index (Phi) is 4.93. The van der Waals surface area contributed by atoms with Gasteiger partial charge < -0.3 is 4.74 Å². The fraction of sp³-hybridized carbons (Fsp3) is 0.250. The smallest absolute Gasteiger partial charge is 0.312 e. The van der Waals surface area contributed by atoms with Crippen LogP contribution in [0.1, 0.15) is 31.7 Å². The molecule has 5 nitrogen and oxygen atoms in total. The third kappa shape index (κ3) is 3.94. The molecule has 0 unspecified atom stereocenters. The summed E-state index contributed by atoms with van der Waals surface area (Å²) in [7, 11) is 0. The zero-order valence-corrected chi connectivity index (χ0v) is 14.3. The number of benzene rings is 2. The Hall–Kier alpha value is -2.95. The van der Waals surface area contributed by atoms with E-state index in [2.05, 4.69) is 18.8 Å². The van der Waals surface area contributed by atoms with E-state index in [0.29, 0.717) is 22.6 Å². The number of rotatable bonds is 5. The van der Waals surface area contributed by atoms with Gasteiger partial charge >= 0.3 is 5.97 Å². The zero-order valence-electron chi connectivity index (χ0n) is 14.3. The Labute approximate surface area is 145 Å². The number of carbonyl (C=O) groups is 1. The van der Waals surface area contributed by atoms with Crippen molar-refractivity contribution in [3.8, 4) is 5.75 Å². The van der Waals surface area contributed by atoms with Gasteiger partial charge in [0.25, 0.3) is 5.56 Å². The highest BCUT2D eigenvalue weighted by atomic mass is 16.5. The zero-order chi connectivity index (χ0) is 17.8. The lowest BCUT2D eigenvalue weighted by molar-refractivity contribution is -0.134. The van der Waals surface area contributed by atoms with Gasteiger partial charge in [-0.3, -0.25) is 14.2 Å². The van der Waals surface area contributed by atoms with E-state index in [0.717, 1.165) is 0 Å². The van der Waals surface area contributed by atoms with Gasteiger partial charge in [-0.05, 0) is 35.7 Å². The Morgan fingerprint density at radius 1 is 1.12 bits per heavy atom. The fourth-order valence-electron chi connectivity index (χ4n) is 2.58. The summed E-state index contributed by atoms with van der Waals surface area (Å²) in [4.78, 5) is 28.6. The van der Waals surface area contributed by atoms with Crippen LogP contribution in [-0.4, -0.2) is 15.5 Å². The van der Waals surface area contributed by atoms with Crippen molar-refractivity contribution >= 4 is 16.9 Å². The lowest BCUT2D eigenvalue weighted by Crippen LogP contribution is -2.23. The molecule has 0 N–H and O–H groups in total. The van der Waals surface area contributed by atoms with E-state index in [1.165, 1.54) is 16.5 Å². The average Bonchev–Trinajstić information content (AvgIpc) is 2.62. The minimum absolute atomic E-state index is 0.103. The van der Waals surface area contributed by atoms with Gasteiger partial charge in [0.15, 0.2) is 0 Å². The van der Waals surface area contributed by atoms with Crippen molar-refractivity contribution in [1.29, 1.82) is 0 Å².